The van der Waals surface area contributed by atoms with Gasteiger partial charge in [-0.3, -0.25) is 4.79 Å². The molecule has 3 rings (SSSR count). The van der Waals surface area contributed by atoms with E-state index in [2.05, 4.69) is 78.1 Å². The molecule has 4 heteroatoms. The van der Waals surface area contributed by atoms with Crippen LogP contribution in [0.1, 0.15) is 23.1 Å². The standard InChI is InChI=1S/C24H26N2OS/c25-17-16-23(27)26-18-19-28-24(20-10-4-1-5-11-20,21-12-6-2-7-13-21)22-14-8-3-9-15-22/h1-15H,16-19,25H2,(H,26,27). The van der Waals surface area contributed by atoms with Crippen molar-refractivity contribution in [2.75, 3.05) is 18.8 Å². The number of nitrogens with one attached hydrogen (secondary N) is 1. The summed E-state index contributed by atoms with van der Waals surface area (Å²) >= 11 is 1.84. The number of hydrogen-bond acceptors (Lipinski definition) is 3. The summed E-state index contributed by atoms with van der Waals surface area (Å²) in [5.41, 5.74) is 9.15. The highest BCUT2D eigenvalue weighted by Crippen LogP contribution is 2.48. The van der Waals surface area contributed by atoms with Crippen LogP contribution in [-0.4, -0.2) is 24.7 Å². The molecule has 3 nitrogen and oxygen atoms in total. The van der Waals surface area contributed by atoms with Gasteiger partial charge in [-0.05, 0) is 16.7 Å². The van der Waals surface area contributed by atoms with Gasteiger partial charge in [0.1, 0.15) is 0 Å². The number of carbonyl (C=O) groups is 1. The van der Waals surface area contributed by atoms with Crippen LogP contribution >= 0.6 is 11.8 Å². The fourth-order valence-electron chi connectivity index (χ4n) is 3.38. The van der Waals surface area contributed by atoms with Crippen LogP contribution in [0.4, 0.5) is 0 Å². The van der Waals surface area contributed by atoms with Gasteiger partial charge in [-0.15, -0.1) is 11.8 Å². The van der Waals surface area contributed by atoms with Crippen LogP contribution in [0.3, 0.4) is 0 Å². The molecule has 144 valence electrons. The number of amides is 1. The lowest BCUT2D eigenvalue weighted by Gasteiger charge is -2.35. The summed E-state index contributed by atoms with van der Waals surface area (Å²) in [4.78, 5) is 11.8. The Hall–Kier alpha value is -2.56. The Morgan fingerprint density at radius 2 is 1.21 bits per heavy atom. The number of thioether (sulfide) groups is 1. The van der Waals surface area contributed by atoms with Crippen LogP contribution in [0.25, 0.3) is 0 Å². The average Bonchev–Trinajstić information content (AvgIpc) is 2.76. The zero-order chi connectivity index (χ0) is 19.7. The maximum atomic E-state index is 11.8. The van der Waals surface area contributed by atoms with Gasteiger partial charge in [-0.25, -0.2) is 0 Å². The predicted molar refractivity (Wildman–Crippen MR) is 118 cm³/mol. The smallest absolute Gasteiger partial charge is 0.221 e. The second-order valence-corrected chi connectivity index (χ2v) is 7.83. The molecular weight excluding hydrogens is 364 g/mol. The summed E-state index contributed by atoms with van der Waals surface area (Å²) < 4.78 is -0.345. The summed E-state index contributed by atoms with van der Waals surface area (Å²) in [5.74, 6) is 0.794. The third-order valence-corrected chi connectivity index (χ3v) is 6.20. The Balaban J connectivity index is 1.98. The molecule has 0 aliphatic heterocycles. The van der Waals surface area contributed by atoms with Crippen molar-refractivity contribution in [3.05, 3.63) is 108 Å². The number of benzene rings is 3. The maximum Gasteiger partial charge on any atom is 0.221 e. The maximum absolute atomic E-state index is 11.8. The van der Waals surface area contributed by atoms with E-state index < -0.39 is 0 Å². The Morgan fingerprint density at radius 3 is 1.61 bits per heavy atom. The number of nitrogens with two attached hydrogens (primary N) is 1. The summed E-state index contributed by atoms with van der Waals surface area (Å²) in [5, 5.41) is 2.97. The second-order valence-electron chi connectivity index (χ2n) is 6.52. The van der Waals surface area contributed by atoms with Crippen molar-refractivity contribution in [3.8, 4) is 0 Å². The van der Waals surface area contributed by atoms with Crippen molar-refractivity contribution in [1.29, 1.82) is 0 Å². The topological polar surface area (TPSA) is 55.1 Å². The Kier molecular flexibility index (Phi) is 7.29. The highest BCUT2D eigenvalue weighted by Gasteiger charge is 2.36. The van der Waals surface area contributed by atoms with Crippen molar-refractivity contribution < 1.29 is 4.79 Å². The minimum absolute atomic E-state index is 0.00725. The SMILES string of the molecule is NCCC(=O)NCCSC(c1ccccc1)(c1ccccc1)c1ccccc1. The zero-order valence-corrected chi connectivity index (χ0v) is 16.7. The van der Waals surface area contributed by atoms with E-state index in [-0.39, 0.29) is 10.7 Å². The third-order valence-electron chi connectivity index (χ3n) is 4.66. The molecule has 0 heterocycles. The van der Waals surface area contributed by atoms with Crippen LogP contribution in [0.5, 0.6) is 0 Å². The van der Waals surface area contributed by atoms with Gasteiger partial charge in [0, 0.05) is 25.3 Å². The van der Waals surface area contributed by atoms with Gasteiger partial charge in [0.25, 0.3) is 0 Å². The molecule has 0 fully saturated rings. The van der Waals surface area contributed by atoms with Crippen molar-refractivity contribution >= 4 is 17.7 Å². The summed E-state index contributed by atoms with van der Waals surface area (Å²) in [6, 6.07) is 31.7. The lowest BCUT2D eigenvalue weighted by Crippen LogP contribution is -2.31. The molecule has 0 aromatic heterocycles. The average molecular weight is 391 g/mol. The molecule has 0 saturated carbocycles. The van der Waals surface area contributed by atoms with Crippen LogP contribution in [0.2, 0.25) is 0 Å². The quantitative estimate of drug-likeness (QED) is 0.426. The van der Waals surface area contributed by atoms with Gasteiger partial charge in [0.2, 0.25) is 5.91 Å². The molecule has 3 N–H and O–H groups in total. The Morgan fingerprint density at radius 1 is 0.786 bits per heavy atom. The predicted octanol–water partition coefficient (Wildman–Crippen LogP) is 4.18. The van der Waals surface area contributed by atoms with E-state index in [4.69, 9.17) is 5.73 Å². The molecule has 0 atom stereocenters. The molecule has 3 aromatic rings. The first-order valence-corrected chi connectivity index (χ1v) is 10.5. The van der Waals surface area contributed by atoms with Crippen molar-refractivity contribution in [3.63, 3.8) is 0 Å². The monoisotopic (exact) mass is 390 g/mol. The molecule has 0 unspecified atom stereocenters. The first-order chi connectivity index (χ1) is 13.8. The highest BCUT2D eigenvalue weighted by molar-refractivity contribution is 8.00. The fourth-order valence-corrected chi connectivity index (χ4v) is 4.80. The van der Waals surface area contributed by atoms with Crippen LogP contribution in [0, 0.1) is 0 Å². The van der Waals surface area contributed by atoms with Crippen LogP contribution in [-0.2, 0) is 9.54 Å². The lowest BCUT2D eigenvalue weighted by atomic mass is 9.84. The summed E-state index contributed by atoms with van der Waals surface area (Å²) in [6.07, 6.45) is 0.367. The van der Waals surface area contributed by atoms with Gasteiger partial charge in [-0.2, -0.15) is 0 Å². The minimum atomic E-state index is -0.345. The zero-order valence-electron chi connectivity index (χ0n) is 15.9. The number of hydrogen-bond donors (Lipinski definition) is 2. The summed E-state index contributed by atoms with van der Waals surface area (Å²) in [6.45, 7) is 0.985. The Bertz CT molecular complexity index is 757. The van der Waals surface area contributed by atoms with Gasteiger partial charge in [0.15, 0.2) is 0 Å². The van der Waals surface area contributed by atoms with Crippen LogP contribution < -0.4 is 11.1 Å². The van der Waals surface area contributed by atoms with E-state index in [0.717, 1.165) is 5.75 Å². The minimum Gasteiger partial charge on any atom is -0.355 e. The van der Waals surface area contributed by atoms with E-state index >= 15 is 0 Å². The van der Waals surface area contributed by atoms with Crippen LogP contribution in [0.15, 0.2) is 91.0 Å². The molecule has 0 spiro atoms. The Labute approximate surface area is 171 Å². The van der Waals surface area contributed by atoms with Crippen molar-refractivity contribution in [2.45, 2.75) is 11.2 Å². The fraction of sp³-hybridized carbons (Fsp3) is 0.208. The van der Waals surface area contributed by atoms with Gasteiger partial charge >= 0.3 is 0 Å². The summed E-state index contributed by atoms with van der Waals surface area (Å²) in [7, 11) is 0. The van der Waals surface area contributed by atoms with Gasteiger partial charge < -0.3 is 11.1 Å². The first-order valence-electron chi connectivity index (χ1n) is 9.54. The van der Waals surface area contributed by atoms with E-state index in [0.29, 0.717) is 19.5 Å². The van der Waals surface area contributed by atoms with Gasteiger partial charge in [-0.1, -0.05) is 91.0 Å². The van der Waals surface area contributed by atoms with Gasteiger partial charge in [0.05, 0.1) is 4.75 Å². The molecule has 0 aliphatic rings. The molecule has 0 aliphatic carbocycles. The van der Waals surface area contributed by atoms with E-state index in [9.17, 15) is 4.79 Å². The molecule has 0 bridgehead atoms. The highest BCUT2D eigenvalue weighted by atomic mass is 32.2. The van der Waals surface area contributed by atoms with E-state index in [1.54, 1.807) is 0 Å². The molecule has 28 heavy (non-hydrogen) atoms. The third kappa shape index (κ3) is 4.64. The molecule has 0 saturated heterocycles. The molecule has 0 radical (unpaired) electrons. The number of carbonyl (C=O) groups excluding carboxylic acids is 1. The second kappa shape index (κ2) is 10.1. The number of rotatable bonds is 9. The van der Waals surface area contributed by atoms with Crippen molar-refractivity contribution in [1.82, 2.24) is 5.32 Å². The molecular formula is C24H26N2OS. The van der Waals surface area contributed by atoms with Crippen molar-refractivity contribution in [2.24, 2.45) is 5.73 Å². The molecule has 1 amide bonds. The largest absolute Gasteiger partial charge is 0.355 e. The van der Waals surface area contributed by atoms with E-state index in [1.165, 1.54) is 16.7 Å². The molecule has 3 aromatic carbocycles. The normalized spacial score (nSPS) is 11.2. The lowest BCUT2D eigenvalue weighted by molar-refractivity contribution is -0.120. The first kappa shape index (κ1) is 20.2. The van der Waals surface area contributed by atoms with E-state index in [1.807, 2.05) is 30.0 Å².